The number of hydrogen-bond donors (Lipinski definition) is 0. The molecule has 0 aliphatic heterocycles. The topological polar surface area (TPSA) is 82.1 Å². The van der Waals surface area contributed by atoms with Crippen molar-refractivity contribution in [3.8, 4) is 11.5 Å². The normalized spacial score (nSPS) is 11.2. The predicted octanol–water partition coefficient (Wildman–Crippen LogP) is 5.23. The van der Waals surface area contributed by atoms with Crippen molar-refractivity contribution in [1.29, 1.82) is 0 Å². The van der Waals surface area contributed by atoms with Gasteiger partial charge in [0.2, 0.25) is 0 Å². The lowest BCUT2D eigenvalue weighted by molar-refractivity contribution is 0.0680. The third-order valence-corrected chi connectivity index (χ3v) is 7.02. The minimum absolute atomic E-state index is 0.0382. The highest BCUT2D eigenvalue weighted by Crippen LogP contribution is 2.31. The van der Waals surface area contributed by atoms with Crippen molar-refractivity contribution in [3.63, 3.8) is 0 Å². The van der Waals surface area contributed by atoms with Gasteiger partial charge in [0.15, 0.2) is 11.5 Å². The van der Waals surface area contributed by atoms with Gasteiger partial charge in [-0.25, -0.2) is 4.39 Å². The van der Waals surface area contributed by atoms with E-state index in [0.717, 1.165) is 43.5 Å². The van der Waals surface area contributed by atoms with E-state index < -0.39 is 15.9 Å². The molecule has 0 bridgehead atoms. The molecule has 3 aromatic rings. The van der Waals surface area contributed by atoms with Crippen LogP contribution in [0.15, 0.2) is 71.6 Å². The first-order chi connectivity index (χ1) is 17.8. The molecule has 0 heterocycles. The fourth-order valence-corrected chi connectivity index (χ4v) is 4.64. The maximum absolute atomic E-state index is 13.3. The van der Waals surface area contributed by atoms with Crippen LogP contribution in [0.2, 0.25) is 0 Å². The molecule has 7 nitrogen and oxygen atoms in total. The number of carbonyl (C=O) groups is 1. The highest BCUT2D eigenvalue weighted by molar-refractivity contribution is 7.87. The number of aryl methyl sites for hydroxylation is 1. The van der Waals surface area contributed by atoms with Crippen LogP contribution in [0, 0.1) is 5.82 Å². The summed E-state index contributed by atoms with van der Waals surface area (Å²) in [5.74, 6) is -0.568. The molecule has 9 heteroatoms. The molecule has 37 heavy (non-hydrogen) atoms. The Balaban J connectivity index is 1.83. The van der Waals surface area contributed by atoms with Gasteiger partial charge in [-0.2, -0.15) is 8.42 Å². The second kappa shape index (κ2) is 13.2. The summed E-state index contributed by atoms with van der Waals surface area (Å²) in [6.07, 6.45) is 3.16. The smallest absolute Gasteiger partial charge is 0.339 e. The van der Waals surface area contributed by atoms with Crippen LogP contribution in [0.25, 0.3) is 0 Å². The summed E-state index contributed by atoms with van der Waals surface area (Å²) in [6, 6.07) is 16.7. The van der Waals surface area contributed by atoms with E-state index in [4.69, 9.17) is 13.7 Å². The van der Waals surface area contributed by atoms with Crippen LogP contribution in [0.4, 0.5) is 4.39 Å². The third kappa shape index (κ3) is 7.77. The van der Waals surface area contributed by atoms with Crippen molar-refractivity contribution in [3.05, 3.63) is 89.2 Å². The molecular weight excluding hydrogens is 497 g/mol. The van der Waals surface area contributed by atoms with E-state index in [1.165, 1.54) is 18.7 Å². The molecule has 198 valence electrons. The largest absolute Gasteiger partial charge is 0.493 e. The molecule has 3 rings (SSSR count). The van der Waals surface area contributed by atoms with Crippen molar-refractivity contribution >= 4 is 16.0 Å². The fourth-order valence-electron chi connectivity index (χ4n) is 3.70. The van der Waals surface area contributed by atoms with E-state index in [9.17, 15) is 17.6 Å². The Morgan fingerprint density at radius 3 is 2.22 bits per heavy atom. The molecule has 0 fully saturated rings. The van der Waals surface area contributed by atoms with E-state index in [2.05, 4.69) is 6.92 Å². The number of ether oxygens (including phenoxy) is 2. The Hall–Kier alpha value is -3.43. The third-order valence-electron chi connectivity index (χ3n) is 5.78. The van der Waals surface area contributed by atoms with E-state index in [1.807, 2.05) is 24.3 Å². The summed E-state index contributed by atoms with van der Waals surface area (Å²) in [5, 5.41) is 0. The molecule has 0 saturated carbocycles. The number of unbranched alkanes of at least 4 members (excludes halogenated alkanes) is 1. The van der Waals surface area contributed by atoms with Crippen molar-refractivity contribution in [1.82, 2.24) is 4.90 Å². The zero-order chi connectivity index (χ0) is 26.8. The summed E-state index contributed by atoms with van der Waals surface area (Å²) in [5.41, 5.74) is 2.37. The Morgan fingerprint density at radius 2 is 1.59 bits per heavy atom. The Labute approximate surface area is 217 Å². The van der Waals surface area contributed by atoms with E-state index >= 15 is 0 Å². The standard InChI is InChI=1S/C28H32FNO6S/c1-4-5-6-21-7-10-23(11-8-21)28(31)30(17-18-34-2)20-22-9-16-26(35-3)27(19-22)36-37(32,33)25-14-12-24(29)13-15-25/h7-16,19H,4-6,17-18,20H2,1-3H3. The average Bonchev–Trinajstić information content (AvgIpc) is 2.90. The first kappa shape index (κ1) is 28.1. The molecule has 0 aliphatic rings. The Morgan fingerprint density at radius 1 is 0.919 bits per heavy atom. The van der Waals surface area contributed by atoms with Gasteiger partial charge >= 0.3 is 10.1 Å². The quantitative estimate of drug-likeness (QED) is 0.282. The molecule has 0 aliphatic carbocycles. The Kier molecular flexibility index (Phi) is 10.0. The highest BCUT2D eigenvalue weighted by atomic mass is 32.2. The van der Waals surface area contributed by atoms with E-state index in [1.54, 1.807) is 24.1 Å². The van der Waals surface area contributed by atoms with Crippen molar-refractivity contribution in [2.45, 2.75) is 37.6 Å². The molecule has 0 radical (unpaired) electrons. The van der Waals surface area contributed by atoms with Crippen LogP contribution >= 0.6 is 0 Å². The predicted molar refractivity (Wildman–Crippen MR) is 139 cm³/mol. The van der Waals surface area contributed by atoms with Crippen LogP contribution in [0.5, 0.6) is 11.5 Å². The maximum Gasteiger partial charge on any atom is 0.339 e. The number of methoxy groups -OCH3 is 2. The van der Waals surface area contributed by atoms with Crippen LogP contribution in [-0.4, -0.2) is 46.6 Å². The van der Waals surface area contributed by atoms with Gasteiger partial charge in [0.05, 0.1) is 13.7 Å². The van der Waals surface area contributed by atoms with Gasteiger partial charge in [0.1, 0.15) is 10.7 Å². The summed E-state index contributed by atoms with van der Waals surface area (Å²) in [7, 11) is -1.29. The second-order valence-corrected chi connectivity index (χ2v) is 10.0. The lowest BCUT2D eigenvalue weighted by Gasteiger charge is -2.23. The summed E-state index contributed by atoms with van der Waals surface area (Å²) in [6.45, 7) is 3.00. The molecule has 3 aromatic carbocycles. The molecule has 0 saturated heterocycles. The maximum atomic E-state index is 13.3. The van der Waals surface area contributed by atoms with E-state index in [-0.39, 0.29) is 28.8 Å². The second-order valence-electron chi connectivity index (χ2n) is 8.50. The Bertz CT molecular complexity index is 1280. The molecule has 1 amide bonds. The summed E-state index contributed by atoms with van der Waals surface area (Å²) < 4.78 is 54.6. The minimum Gasteiger partial charge on any atom is -0.493 e. The van der Waals surface area contributed by atoms with Crippen LogP contribution in [0.1, 0.15) is 41.3 Å². The van der Waals surface area contributed by atoms with Crippen molar-refractivity contribution in [2.24, 2.45) is 0 Å². The SMILES string of the molecule is CCCCc1ccc(C(=O)N(CCOC)Cc2ccc(OC)c(OS(=O)(=O)c3ccc(F)cc3)c2)cc1. The number of halogens is 1. The van der Waals surface area contributed by atoms with Gasteiger partial charge in [-0.1, -0.05) is 31.5 Å². The molecule has 0 spiro atoms. The van der Waals surface area contributed by atoms with Gasteiger partial charge in [-0.05, 0) is 72.5 Å². The lowest BCUT2D eigenvalue weighted by atomic mass is 10.1. The monoisotopic (exact) mass is 529 g/mol. The van der Waals surface area contributed by atoms with Gasteiger partial charge in [0.25, 0.3) is 5.91 Å². The molecule has 0 N–H and O–H groups in total. The van der Waals surface area contributed by atoms with Gasteiger partial charge < -0.3 is 18.6 Å². The zero-order valence-electron chi connectivity index (χ0n) is 21.3. The van der Waals surface area contributed by atoms with Crippen molar-refractivity contribution in [2.75, 3.05) is 27.4 Å². The number of hydrogen-bond acceptors (Lipinski definition) is 6. The first-order valence-corrected chi connectivity index (χ1v) is 13.4. The summed E-state index contributed by atoms with van der Waals surface area (Å²) in [4.78, 5) is 14.8. The lowest BCUT2D eigenvalue weighted by Crippen LogP contribution is -2.33. The molecule has 0 aromatic heterocycles. The van der Waals surface area contributed by atoms with Gasteiger partial charge in [-0.15, -0.1) is 0 Å². The average molecular weight is 530 g/mol. The van der Waals surface area contributed by atoms with Crippen LogP contribution in [0.3, 0.4) is 0 Å². The molecule has 0 unspecified atom stereocenters. The number of nitrogens with zero attached hydrogens (tertiary/aromatic N) is 1. The minimum atomic E-state index is -4.24. The number of amides is 1. The summed E-state index contributed by atoms with van der Waals surface area (Å²) >= 11 is 0. The van der Waals surface area contributed by atoms with Crippen LogP contribution in [-0.2, 0) is 27.8 Å². The fraction of sp³-hybridized carbons (Fsp3) is 0.321. The highest BCUT2D eigenvalue weighted by Gasteiger charge is 2.21. The van der Waals surface area contributed by atoms with E-state index in [0.29, 0.717) is 24.3 Å². The number of rotatable bonds is 13. The molecule has 0 atom stereocenters. The zero-order valence-corrected chi connectivity index (χ0v) is 22.1. The van der Waals surface area contributed by atoms with Gasteiger partial charge in [0, 0.05) is 25.8 Å². The van der Waals surface area contributed by atoms with Crippen molar-refractivity contribution < 1.29 is 31.3 Å². The van der Waals surface area contributed by atoms with Crippen LogP contribution < -0.4 is 8.92 Å². The number of carbonyl (C=O) groups excluding carboxylic acids is 1. The number of benzene rings is 3. The molecular formula is C28H32FNO6S. The van der Waals surface area contributed by atoms with Gasteiger partial charge in [-0.3, -0.25) is 4.79 Å². The first-order valence-electron chi connectivity index (χ1n) is 12.0.